The fourth-order valence-corrected chi connectivity index (χ4v) is 2.69. The van der Waals surface area contributed by atoms with E-state index in [0.29, 0.717) is 19.6 Å². The van der Waals surface area contributed by atoms with Crippen LogP contribution in [0.4, 0.5) is 0 Å². The van der Waals surface area contributed by atoms with Gasteiger partial charge in [0.05, 0.1) is 26.4 Å². The van der Waals surface area contributed by atoms with Crippen molar-refractivity contribution in [2.24, 2.45) is 7.05 Å². The Hall–Kier alpha value is -1.49. The molecule has 1 rings (SSSR count). The summed E-state index contributed by atoms with van der Waals surface area (Å²) < 4.78 is 46.4. The average Bonchev–Trinajstić information content (AvgIpc) is 3.08. The number of rotatable bonds is 15. The zero-order valence-electron chi connectivity index (χ0n) is 18.7. The Bertz CT molecular complexity index is 662. The highest BCUT2D eigenvalue weighted by Crippen LogP contribution is 2.05. The van der Waals surface area contributed by atoms with Gasteiger partial charge in [-0.3, -0.25) is 8.98 Å². The van der Waals surface area contributed by atoms with E-state index in [1.807, 2.05) is 24.7 Å². The number of hydrogen-bond donors (Lipinski definition) is 1. The Morgan fingerprint density at radius 1 is 1.13 bits per heavy atom. The van der Waals surface area contributed by atoms with Crippen LogP contribution in [0.2, 0.25) is 0 Å². The number of aryl methyl sites for hydroxylation is 1. The fourth-order valence-electron chi connectivity index (χ4n) is 2.37. The Morgan fingerprint density at radius 2 is 1.80 bits per heavy atom. The quantitative estimate of drug-likeness (QED) is 0.143. The molecule has 1 atom stereocenters. The molecule has 0 aromatic carbocycles. The van der Waals surface area contributed by atoms with Gasteiger partial charge in [0, 0.05) is 0 Å². The summed E-state index contributed by atoms with van der Waals surface area (Å²) in [5.74, 6) is 0.591. The smallest absolute Gasteiger partial charge is 0.318 e. The predicted molar refractivity (Wildman–Crippen MR) is 111 cm³/mol. The first-order valence-electron chi connectivity index (χ1n) is 10.6. The second-order valence-corrected chi connectivity index (χ2v) is 8.05. The van der Waals surface area contributed by atoms with E-state index in [1.54, 1.807) is 6.20 Å². The number of aromatic amines is 1. The number of esters is 1. The third-order valence-corrected chi connectivity index (χ3v) is 4.79. The lowest BCUT2D eigenvalue weighted by Gasteiger charge is -2.10. The van der Waals surface area contributed by atoms with Gasteiger partial charge in [-0.15, -0.1) is 0 Å². The fraction of sp³-hybridized carbons (Fsp3) is 0.800. The first-order chi connectivity index (χ1) is 14.2. The van der Waals surface area contributed by atoms with E-state index in [0.717, 1.165) is 25.1 Å². The van der Waals surface area contributed by atoms with Crippen LogP contribution in [-0.2, 0) is 42.3 Å². The molecule has 1 aromatic heterocycles. The monoisotopic (exact) mass is 450 g/mol. The average molecular weight is 451 g/mol. The summed E-state index contributed by atoms with van der Waals surface area (Å²) in [6, 6.07) is 0. The lowest BCUT2D eigenvalue weighted by atomic mass is 10.1. The van der Waals surface area contributed by atoms with Gasteiger partial charge >= 0.3 is 5.97 Å². The number of imidazole rings is 1. The van der Waals surface area contributed by atoms with E-state index in [1.165, 1.54) is 19.3 Å². The van der Waals surface area contributed by atoms with E-state index in [9.17, 15) is 17.8 Å². The van der Waals surface area contributed by atoms with Crippen molar-refractivity contribution in [2.45, 2.75) is 78.2 Å². The molecule has 0 saturated heterocycles. The van der Waals surface area contributed by atoms with Crippen LogP contribution in [0.15, 0.2) is 12.4 Å². The molecule has 0 amide bonds. The summed E-state index contributed by atoms with van der Waals surface area (Å²) in [6.45, 7) is 6.99. The molecule has 10 heteroatoms. The summed E-state index contributed by atoms with van der Waals surface area (Å²) in [5.41, 5.74) is 0. The summed E-state index contributed by atoms with van der Waals surface area (Å²) in [4.78, 5) is 14.5. The summed E-state index contributed by atoms with van der Waals surface area (Å²) >= 11 is 0. The van der Waals surface area contributed by atoms with E-state index in [2.05, 4.69) is 23.0 Å². The number of carbonyl (C=O) groups excluding carboxylic acids is 1. The van der Waals surface area contributed by atoms with Crippen LogP contribution in [0.25, 0.3) is 0 Å². The zero-order chi connectivity index (χ0) is 22.8. The van der Waals surface area contributed by atoms with Crippen molar-refractivity contribution in [3.63, 3.8) is 0 Å². The normalized spacial score (nSPS) is 12.2. The van der Waals surface area contributed by atoms with E-state index >= 15 is 0 Å². The molecule has 0 aliphatic carbocycles. The third kappa shape index (κ3) is 17.4. The van der Waals surface area contributed by atoms with Crippen LogP contribution in [-0.4, -0.2) is 49.8 Å². The Labute approximate surface area is 181 Å². The highest BCUT2D eigenvalue weighted by atomic mass is 32.3. The second kappa shape index (κ2) is 17.2. The van der Waals surface area contributed by atoms with E-state index in [4.69, 9.17) is 9.47 Å². The summed E-state index contributed by atoms with van der Waals surface area (Å²) in [6.07, 6.45) is 11.3. The van der Waals surface area contributed by atoms with Gasteiger partial charge in [0.1, 0.15) is 25.4 Å². The van der Waals surface area contributed by atoms with Crippen molar-refractivity contribution in [3.05, 3.63) is 18.2 Å². The van der Waals surface area contributed by atoms with E-state index < -0.39 is 10.4 Å². The molecule has 0 saturated carbocycles. The molecule has 1 heterocycles. The summed E-state index contributed by atoms with van der Waals surface area (Å²) in [5, 5.41) is 0. The first-order valence-corrected chi connectivity index (χ1v) is 11.9. The lowest BCUT2D eigenvalue weighted by Crippen LogP contribution is -2.32. The SMILES string of the molecule is CCC(C)OCCOC(=O)Cc1[nH]cc[n+]1C.CCCCCCCCOS(=O)(=O)[O-]. The molecular formula is C20H38N2O7S. The molecule has 0 bridgehead atoms. The maximum absolute atomic E-state index is 11.5. The van der Waals surface area contributed by atoms with Crippen molar-refractivity contribution in [3.8, 4) is 0 Å². The molecule has 1 N–H and O–H groups in total. The molecule has 0 aliphatic rings. The van der Waals surface area contributed by atoms with E-state index in [-0.39, 0.29) is 25.1 Å². The number of hydrogen-bond acceptors (Lipinski definition) is 7. The molecule has 0 fully saturated rings. The van der Waals surface area contributed by atoms with Gasteiger partial charge in [0.25, 0.3) is 5.82 Å². The van der Waals surface area contributed by atoms with Gasteiger partial charge in [-0.1, -0.05) is 46.0 Å². The number of H-pyrrole nitrogens is 1. The van der Waals surface area contributed by atoms with Gasteiger partial charge in [-0.2, -0.15) is 0 Å². The topological polar surface area (TPSA) is 122 Å². The molecule has 1 unspecified atom stereocenters. The molecular weight excluding hydrogens is 412 g/mol. The number of nitrogens with zero attached hydrogens (tertiary/aromatic N) is 1. The molecule has 0 spiro atoms. The molecule has 9 nitrogen and oxygen atoms in total. The highest BCUT2D eigenvalue weighted by Gasteiger charge is 2.13. The van der Waals surface area contributed by atoms with Crippen molar-refractivity contribution >= 4 is 16.4 Å². The number of ether oxygens (including phenoxy) is 2. The van der Waals surface area contributed by atoms with Gasteiger partial charge in [0.2, 0.25) is 10.4 Å². The summed E-state index contributed by atoms with van der Waals surface area (Å²) in [7, 11) is -2.59. The maximum atomic E-state index is 11.5. The van der Waals surface area contributed by atoms with Crippen LogP contribution in [0, 0.1) is 0 Å². The number of aromatic nitrogens is 2. The van der Waals surface area contributed by atoms with Crippen molar-refractivity contribution in [1.29, 1.82) is 0 Å². The Kier molecular flexibility index (Phi) is 16.4. The highest BCUT2D eigenvalue weighted by molar-refractivity contribution is 7.80. The van der Waals surface area contributed by atoms with Crippen LogP contribution in [0.1, 0.15) is 71.5 Å². The number of nitrogens with one attached hydrogen (secondary N) is 1. The minimum atomic E-state index is -4.47. The van der Waals surface area contributed by atoms with Gasteiger partial charge in [-0.25, -0.2) is 18.0 Å². The van der Waals surface area contributed by atoms with Gasteiger partial charge < -0.3 is 14.0 Å². The molecule has 0 aliphatic heterocycles. The minimum absolute atomic E-state index is 0.0258. The number of carbonyl (C=O) groups is 1. The van der Waals surface area contributed by atoms with Gasteiger partial charge in [-0.05, 0) is 19.8 Å². The molecule has 176 valence electrons. The maximum Gasteiger partial charge on any atom is 0.318 e. The predicted octanol–water partition coefficient (Wildman–Crippen LogP) is 2.56. The minimum Gasteiger partial charge on any atom is -0.726 e. The first kappa shape index (κ1) is 28.5. The Morgan fingerprint density at radius 3 is 2.37 bits per heavy atom. The molecule has 1 aromatic rings. The van der Waals surface area contributed by atoms with Crippen molar-refractivity contribution < 1.29 is 36.0 Å². The standard InChI is InChI=1S/C12H20N2O3.C8H18O4S/c1-4-10(2)16-7-8-17-12(15)9-11-13-5-6-14(11)3;1-2-3-4-5-6-7-8-12-13(9,10)11/h5-6,10H,4,7-9H2,1-3H3;2-8H2,1H3,(H,9,10,11). The second-order valence-electron chi connectivity index (χ2n) is 7.00. The Balaban J connectivity index is 0.000000584. The molecule has 0 radical (unpaired) electrons. The number of unbranched alkanes of at least 4 members (excludes halogenated alkanes) is 5. The largest absolute Gasteiger partial charge is 0.726 e. The third-order valence-electron chi connectivity index (χ3n) is 4.33. The van der Waals surface area contributed by atoms with Gasteiger partial charge in [0.15, 0.2) is 0 Å². The lowest BCUT2D eigenvalue weighted by molar-refractivity contribution is -0.677. The van der Waals surface area contributed by atoms with Crippen molar-refractivity contribution in [1.82, 2.24) is 4.98 Å². The van der Waals surface area contributed by atoms with Crippen LogP contribution >= 0.6 is 0 Å². The molecule has 30 heavy (non-hydrogen) atoms. The van der Waals surface area contributed by atoms with Crippen LogP contribution in [0.5, 0.6) is 0 Å². The van der Waals surface area contributed by atoms with Crippen LogP contribution in [0.3, 0.4) is 0 Å². The van der Waals surface area contributed by atoms with Crippen LogP contribution < -0.4 is 4.57 Å². The zero-order valence-corrected chi connectivity index (χ0v) is 19.5. The van der Waals surface area contributed by atoms with Crippen molar-refractivity contribution in [2.75, 3.05) is 19.8 Å².